The van der Waals surface area contributed by atoms with Gasteiger partial charge in [-0.1, -0.05) is 30.3 Å². The number of ether oxygens (including phenoxy) is 1. The molecule has 2 N–H and O–H groups in total. The molecular formula is C17H24N2O6. The van der Waals surface area contributed by atoms with Crippen LogP contribution in [0.5, 0.6) is 0 Å². The Kier molecular flexibility index (Phi) is 6.72. The van der Waals surface area contributed by atoms with Crippen LogP contribution in [0.2, 0.25) is 0 Å². The van der Waals surface area contributed by atoms with Crippen molar-refractivity contribution in [3.8, 4) is 0 Å². The van der Waals surface area contributed by atoms with Crippen LogP contribution in [-0.4, -0.2) is 58.1 Å². The molecule has 2 aliphatic rings. The van der Waals surface area contributed by atoms with Crippen molar-refractivity contribution in [3.63, 3.8) is 0 Å². The molecule has 0 aromatic heterocycles. The van der Waals surface area contributed by atoms with Gasteiger partial charge in [-0.05, 0) is 38.3 Å². The molecule has 25 heavy (non-hydrogen) atoms. The number of esters is 1. The van der Waals surface area contributed by atoms with Crippen LogP contribution in [0.25, 0.3) is 0 Å². The molecule has 2 unspecified atom stereocenters. The first-order valence-electron chi connectivity index (χ1n) is 8.33. The third-order valence-corrected chi connectivity index (χ3v) is 5.01. The Balaban J connectivity index is 0.000000511. The summed E-state index contributed by atoms with van der Waals surface area (Å²) in [7, 11) is 2.17. The lowest BCUT2D eigenvalue weighted by molar-refractivity contribution is -0.742. The standard InChI is InChI=1S/C17H23NO3.HNO3/c1-18-13-7-8-14(18)10-15(9-13)21-17(20)16(11-19)12-5-3-2-4-6-12;2-1(3)4/h2-6,13-16,19H,7-11H2,1H3;(H,2,3,4)/t13-,14+,15?,16?;. The number of rotatable bonds is 4. The maximum Gasteiger partial charge on any atom is 0.316 e. The number of benzene rings is 1. The molecule has 8 nitrogen and oxygen atoms in total. The summed E-state index contributed by atoms with van der Waals surface area (Å²) in [5.41, 5.74) is 0.820. The van der Waals surface area contributed by atoms with Crippen LogP contribution in [-0.2, 0) is 9.53 Å². The van der Waals surface area contributed by atoms with Crippen molar-refractivity contribution in [1.29, 1.82) is 0 Å². The van der Waals surface area contributed by atoms with Gasteiger partial charge in [0, 0.05) is 12.1 Å². The van der Waals surface area contributed by atoms with Gasteiger partial charge in [-0.15, -0.1) is 10.1 Å². The normalized spacial score (nSPS) is 26.2. The van der Waals surface area contributed by atoms with Gasteiger partial charge < -0.3 is 20.0 Å². The van der Waals surface area contributed by atoms with Crippen LogP contribution in [0.4, 0.5) is 0 Å². The van der Waals surface area contributed by atoms with Gasteiger partial charge in [-0.25, -0.2) is 0 Å². The molecule has 2 fully saturated rings. The molecule has 3 rings (SSSR count). The molecule has 1 aromatic rings. The average molecular weight is 352 g/mol. The number of piperidine rings is 1. The highest BCUT2D eigenvalue weighted by Crippen LogP contribution is 2.36. The minimum absolute atomic E-state index is 0.00367. The summed E-state index contributed by atoms with van der Waals surface area (Å²) < 4.78 is 5.70. The Labute approximate surface area is 146 Å². The van der Waals surface area contributed by atoms with Crippen molar-refractivity contribution < 1.29 is 24.9 Å². The molecule has 0 saturated carbocycles. The van der Waals surface area contributed by atoms with Gasteiger partial charge in [0.1, 0.15) is 12.0 Å². The van der Waals surface area contributed by atoms with Crippen molar-refractivity contribution in [2.75, 3.05) is 13.7 Å². The number of carbonyl (C=O) groups excluding carboxylic acids is 1. The first-order chi connectivity index (χ1) is 11.9. The molecule has 4 atom stereocenters. The molecule has 0 radical (unpaired) electrons. The minimum Gasteiger partial charge on any atom is -0.462 e. The van der Waals surface area contributed by atoms with Crippen molar-refractivity contribution in [2.24, 2.45) is 0 Å². The SMILES string of the molecule is CN1[C@@H]2CC[C@H]1CC(OC(=O)C(CO)c1ccccc1)C2.O=[N+]([O-])O. The van der Waals surface area contributed by atoms with E-state index in [1.54, 1.807) is 0 Å². The number of nitrogens with zero attached hydrogens (tertiary/aromatic N) is 2. The number of carbonyl (C=O) groups is 1. The van der Waals surface area contributed by atoms with Gasteiger partial charge in [0.05, 0.1) is 6.61 Å². The molecule has 2 heterocycles. The Hall–Kier alpha value is -2.19. The number of aliphatic hydroxyl groups excluding tert-OH is 1. The third kappa shape index (κ3) is 5.14. The second-order valence-electron chi connectivity index (χ2n) is 6.46. The molecule has 0 amide bonds. The highest BCUT2D eigenvalue weighted by molar-refractivity contribution is 5.78. The van der Waals surface area contributed by atoms with Crippen LogP contribution < -0.4 is 0 Å². The van der Waals surface area contributed by atoms with E-state index in [-0.39, 0.29) is 18.7 Å². The minimum atomic E-state index is -1.50. The van der Waals surface area contributed by atoms with Crippen LogP contribution in [0.15, 0.2) is 30.3 Å². The predicted octanol–water partition coefficient (Wildman–Crippen LogP) is 1.58. The summed E-state index contributed by atoms with van der Waals surface area (Å²) >= 11 is 0. The fraction of sp³-hybridized carbons (Fsp3) is 0.588. The zero-order valence-corrected chi connectivity index (χ0v) is 14.2. The quantitative estimate of drug-likeness (QED) is 0.480. The monoisotopic (exact) mass is 352 g/mol. The van der Waals surface area contributed by atoms with E-state index < -0.39 is 11.0 Å². The summed E-state index contributed by atoms with van der Waals surface area (Å²) in [6.45, 7) is -0.206. The van der Waals surface area contributed by atoms with Crippen LogP contribution in [0.1, 0.15) is 37.2 Å². The smallest absolute Gasteiger partial charge is 0.316 e. The molecule has 2 bridgehead atoms. The number of hydrogen-bond acceptors (Lipinski definition) is 6. The third-order valence-electron chi connectivity index (χ3n) is 5.01. The molecular weight excluding hydrogens is 328 g/mol. The average Bonchev–Trinajstić information content (AvgIpc) is 2.78. The van der Waals surface area contributed by atoms with E-state index >= 15 is 0 Å². The molecule has 138 valence electrons. The Morgan fingerprint density at radius 3 is 2.32 bits per heavy atom. The van der Waals surface area contributed by atoms with Crippen molar-refractivity contribution >= 4 is 5.97 Å². The topological polar surface area (TPSA) is 113 Å². The van der Waals surface area contributed by atoms with E-state index in [1.165, 1.54) is 12.8 Å². The highest BCUT2D eigenvalue weighted by atomic mass is 16.9. The van der Waals surface area contributed by atoms with E-state index in [0.29, 0.717) is 12.1 Å². The number of aliphatic hydroxyl groups is 1. The maximum absolute atomic E-state index is 12.4. The lowest BCUT2D eigenvalue weighted by Gasteiger charge is -2.36. The van der Waals surface area contributed by atoms with Crippen LogP contribution >= 0.6 is 0 Å². The first kappa shape index (κ1) is 19.1. The van der Waals surface area contributed by atoms with Crippen LogP contribution in [0, 0.1) is 10.1 Å². The Bertz CT molecular complexity index is 564. The molecule has 0 spiro atoms. The van der Waals surface area contributed by atoms with Gasteiger partial charge in [-0.3, -0.25) is 4.79 Å². The number of fused-ring (bicyclic) bond motifs is 2. The molecule has 2 saturated heterocycles. The summed E-state index contributed by atoms with van der Waals surface area (Å²) in [5, 5.41) is 23.2. The van der Waals surface area contributed by atoms with Crippen LogP contribution in [0.3, 0.4) is 0 Å². The molecule has 1 aromatic carbocycles. The van der Waals surface area contributed by atoms with E-state index in [1.807, 2.05) is 30.3 Å². The summed E-state index contributed by atoms with van der Waals surface area (Å²) in [6, 6.07) is 10.5. The van der Waals surface area contributed by atoms with Crippen molar-refractivity contribution in [3.05, 3.63) is 46.0 Å². The molecule has 2 aliphatic heterocycles. The van der Waals surface area contributed by atoms with Gasteiger partial charge in [0.2, 0.25) is 0 Å². The lowest BCUT2D eigenvalue weighted by Crippen LogP contribution is -2.43. The second kappa shape index (κ2) is 8.77. The Morgan fingerprint density at radius 1 is 1.32 bits per heavy atom. The highest BCUT2D eigenvalue weighted by Gasteiger charge is 2.40. The van der Waals surface area contributed by atoms with Gasteiger partial charge in [-0.2, -0.15) is 0 Å². The number of hydrogen-bond donors (Lipinski definition) is 2. The fourth-order valence-electron chi connectivity index (χ4n) is 3.71. The van der Waals surface area contributed by atoms with E-state index in [9.17, 15) is 9.90 Å². The summed E-state index contributed by atoms with van der Waals surface area (Å²) in [5.74, 6) is -0.860. The van der Waals surface area contributed by atoms with E-state index in [4.69, 9.17) is 20.1 Å². The zero-order valence-electron chi connectivity index (χ0n) is 14.2. The van der Waals surface area contributed by atoms with Crippen molar-refractivity contribution in [2.45, 2.75) is 49.8 Å². The first-order valence-corrected chi connectivity index (χ1v) is 8.33. The predicted molar refractivity (Wildman–Crippen MR) is 88.7 cm³/mol. The summed E-state index contributed by atoms with van der Waals surface area (Å²) in [4.78, 5) is 23.1. The largest absolute Gasteiger partial charge is 0.462 e. The van der Waals surface area contributed by atoms with E-state index in [0.717, 1.165) is 18.4 Å². The molecule has 8 heteroatoms. The summed E-state index contributed by atoms with van der Waals surface area (Å²) in [6.07, 6.45) is 4.26. The fourth-order valence-corrected chi connectivity index (χ4v) is 3.71. The maximum atomic E-state index is 12.4. The lowest BCUT2D eigenvalue weighted by atomic mass is 9.98. The van der Waals surface area contributed by atoms with E-state index in [2.05, 4.69) is 11.9 Å². The van der Waals surface area contributed by atoms with Gasteiger partial charge >= 0.3 is 5.97 Å². The molecule has 0 aliphatic carbocycles. The van der Waals surface area contributed by atoms with Crippen molar-refractivity contribution in [1.82, 2.24) is 4.90 Å². The Morgan fingerprint density at radius 2 is 1.84 bits per heavy atom. The van der Waals surface area contributed by atoms with Gasteiger partial charge in [0.25, 0.3) is 5.09 Å². The second-order valence-corrected chi connectivity index (χ2v) is 6.46. The zero-order chi connectivity index (χ0) is 18.4. The van der Waals surface area contributed by atoms with Gasteiger partial charge in [0.15, 0.2) is 0 Å².